The van der Waals surface area contributed by atoms with Gasteiger partial charge >= 0.3 is 0 Å². The van der Waals surface area contributed by atoms with Crippen LogP contribution < -0.4 is 10.1 Å². The number of carbonyl (C=O) groups excluding carboxylic acids is 1. The quantitative estimate of drug-likeness (QED) is 0.486. The van der Waals surface area contributed by atoms with Crippen molar-refractivity contribution in [2.45, 2.75) is 36.7 Å². The molecule has 1 aliphatic rings. The number of rotatable bonds is 8. The van der Waals surface area contributed by atoms with Crippen molar-refractivity contribution in [3.8, 4) is 5.88 Å². The maximum absolute atomic E-state index is 13.8. The number of hydrogen-bond donors (Lipinski definition) is 1. The van der Waals surface area contributed by atoms with Crippen molar-refractivity contribution in [2.24, 2.45) is 0 Å². The van der Waals surface area contributed by atoms with E-state index in [1.807, 2.05) is 0 Å². The minimum absolute atomic E-state index is 0.0250. The zero-order valence-electron chi connectivity index (χ0n) is 17.8. The van der Waals surface area contributed by atoms with Crippen molar-refractivity contribution in [2.75, 3.05) is 11.1 Å². The van der Waals surface area contributed by atoms with Gasteiger partial charge in [-0.25, -0.2) is 17.8 Å². The summed E-state index contributed by atoms with van der Waals surface area (Å²) in [5.74, 6) is -0.353. The van der Waals surface area contributed by atoms with Gasteiger partial charge in [0.15, 0.2) is 9.84 Å². The summed E-state index contributed by atoms with van der Waals surface area (Å²) in [5.41, 5.74) is 1.29. The molecule has 0 atom stereocenters. The molecule has 4 rings (SSSR count). The lowest BCUT2D eigenvalue weighted by molar-refractivity contribution is -0.115. The molecule has 2 aromatic carbocycles. The topological polar surface area (TPSA) is 85.4 Å². The Morgan fingerprint density at radius 3 is 2.45 bits per heavy atom. The van der Waals surface area contributed by atoms with E-state index in [0.717, 1.165) is 12.8 Å². The SMILES string of the molecule is CCS(=O)(=O)c1ccc(CC(=O)Nc2ccc(OC3(c4ccc(Cl)c(F)c4)CC3)nc2)cc1. The van der Waals surface area contributed by atoms with Crippen LogP contribution in [0.2, 0.25) is 5.02 Å². The van der Waals surface area contributed by atoms with E-state index in [0.29, 0.717) is 22.7 Å². The zero-order chi connectivity index (χ0) is 23.6. The molecule has 6 nitrogen and oxygen atoms in total. The Labute approximate surface area is 196 Å². The lowest BCUT2D eigenvalue weighted by atomic mass is 10.1. The van der Waals surface area contributed by atoms with Gasteiger partial charge in [0.25, 0.3) is 0 Å². The molecule has 1 fully saturated rings. The molecule has 0 spiro atoms. The monoisotopic (exact) mass is 488 g/mol. The number of nitrogens with zero attached hydrogens (tertiary/aromatic N) is 1. The molecule has 9 heteroatoms. The highest BCUT2D eigenvalue weighted by Gasteiger charge is 2.48. The molecule has 33 heavy (non-hydrogen) atoms. The summed E-state index contributed by atoms with van der Waals surface area (Å²) in [6.45, 7) is 1.59. The fraction of sp³-hybridized carbons (Fsp3) is 0.250. The van der Waals surface area contributed by atoms with E-state index < -0.39 is 21.3 Å². The Kier molecular flexibility index (Phi) is 6.41. The summed E-state index contributed by atoms with van der Waals surface area (Å²) in [6.07, 6.45) is 3.07. The molecule has 1 heterocycles. The van der Waals surface area contributed by atoms with Crippen LogP contribution in [0.3, 0.4) is 0 Å². The standard InChI is InChI=1S/C24H22ClFN2O4S/c1-2-33(30,31)19-7-3-16(4-8-19)13-22(29)28-18-6-10-23(27-15-18)32-24(11-12-24)17-5-9-20(25)21(26)14-17/h3-10,14-15H,2,11-13H2,1H3,(H,28,29). The minimum atomic E-state index is -3.27. The number of ether oxygens (including phenoxy) is 1. The molecule has 1 amide bonds. The van der Waals surface area contributed by atoms with Gasteiger partial charge in [0.05, 0.1) is 34.0 Å². The Balaban J connectivity index is 1.36. The van der Waals surface area contributed by atoms with Crippen molar-refractivity contribution in [1.29, 1.82) is 0 Å². The number of halogens is 2. The number of aromatic nitrogens is 1. The van der Waals surface area contributed by atoms with Gasteiger partial charge in [0.2, 0.25) is 11.8 Å². The van der Waals surface area contributed by atoms with Crippen molar-refractivity contribution >= 4 is 33.0 Å². The summed E-state index contributed by atoms with van der Waals surface area (Å²) >= 11 is 5.77. The molecule has 0 unspecified atom stereocenters. The molecule has 0 radical (unpaired) electrons. The summed E-state index contributed by atoms with van der Waals surface area (Å²) in [5, 5.41) is 2.82. The number of carbonyl (C=O) groups is 1. The Morgan fingerprint density at radius 1 is 1.15 bits per heavy atom. The fourth-order valence-electron chi connectivity index (χ4n) is 3.43. The number of sulfone groups is 1. The van der Waals surface area contributed by atoms with Crippen LogP contribution in [0, 0.1) is 5.82 Å². The van der Waals surface area contributed by atoms with E-state index in [2.05, 4.69) is 10.3 Å². The molecule has 0 saturated heterocycles. The molecule has 1 N–H and O–H groups in total. The number of amides is 1. The lowest BCUT2D eigenvalue weighted by Crippen LogP contribution is -2.17. The van der Waals surface area contributed by atoms with Crippen LogP contribution in [0.15, 0.2) is 65.7 Å². The van der Waals surface area contributed by atoms with Gasteiger partial charge in [-0.3, -0.25) is 4.79 Å². The lowest BCUT2D eigenvalue weighted by Gasteiger charge is -2.18. The number of anilines is 1. The highest BCUT2D eigenvalue weighted by atomic mass is 35.5. The molecular weight excluding hydrogens is 467 g/mol. The normalized spacial score (nSPS) is 14.5. The highest BCUT2D eigenvalue weighted by molar-refractivity contribution is 7.91. The maximum atomic E-state index is 13.8. The van der Waals surface area contributed by atoms with E-state index in [9.17, 15) is 17.6 Å². The third-order valence-electron chi connectivity index (χ3n) is 5.50. The van der Waals surface area contributed by atoms with E-state index >= 15 is 0 Å². The number of benzene rings is 2. The van der Waals surface area contributed by atoms with Gasteiger partial charge in [-0.2, -0.15) is 0 Å². The highest BCUT2D eigenvalue weighted by Crippen LogP contribution is 2.49. The van der Waals surface area contributed by atoms with Gasteiger partial charge in [-0.05, 0) is 54.3 Å². The van der Waals surface area contributed by atoms with Gasteiger partial charge in [-0.15, -0.1) is 0 Å². The molecule has 1 aliphatic carbocycles. The summed E-state index contributed by atoms with van der Waals surface area (Å²) in [7, 11) is -3.27. The van der Waals surface area contributed by atoms with Crippen LogP contribution in [0.25, 0.3) is 0 Å². The molecular formula is C24H22ClFN2O4S. The van der Waals surface area contributed by atoms with Crippen LogP contribution >= 0.6 is 11.6 Å². The number of nitrogens with one attached hydrogen (secondary N) is 1. The van der Waals surface area contributed by atoms with Crippen molar-refractivity contribution in [1.82, 2.24) is 4.98 Å². The van der Waals surface area contributed by atoms with E-state index in [1.54, 1.807) is 37.3 Å². The van der Waals surface area contributed by atoms with Crippen molar-refractivity contribution in [3.63, 3.8) is 0 Å². The molecule has 0 aliphatic heterocycles. The Bertz CT molecular complexity index is 1270. The van der Waals surface area contributed by atoms with Gasteiger partial charge in [-0.1, -0.05) is 36.7 Å². The third-order valence-corrected chi connectivity index (χ3v) is 7.55. The fourth-order valence-corrected chi connectivity index (χ4v) is 4.43. The zero-order valence-corrected chi connectivity index (χ0v) is 19.4. The first kappa shape index (κ1) is 23.2. The largest absolute Gasteiger partial charge is 0.466 e. The summed E-state index contributed by atoms with van der Waals surface area (Å²) < 4.78 is 43.6. The van der Waals surface area contributed by atoms with Crippen LogP contribution in [0.4, 0.5) is 10.1 Å². The average molecular weight is 489 g/mol. The van der Waals surface area contributed by atoms with Crippen LogP contribution in [-0.4, -0.2) is 25.1 Å². The average Bonchev–Trinajstić information content (AvgIpc) is 3.58. The molecule has 3 aromatic rings. The summed E-state index contributed by atoms with van der Waals surface area (Å²) in [6, 6.07) is 14.2. The Hall–Kier alpha value is -2.97. The molecule has 1 saturated carbocycles. The third kappa shape index (κ3) is 5.34. The first-order chi connectivity index (χ1) is 15.7. The van der Waals surface area contributed by atoms with Crippen molar-refractivity contribution in [3.05, 3.63) is 82.8 Å². The predicted molar refractivity (Wildman–Crippen MR) is 124 cm³/mol. The van der Waals surface area contributed by atoms with Crippen molar-refractivity contribution < 1.29 is 22.3 Å². The maximum Gasteiger partial charge on any atom is 0.228 e. The van der Waals surface area contributed by atoms with Gasteiger partial charge < -0.3 is 10.1 Å². The minimum Gasteiger partial charge on any atom is -0.466 e. The van der Waals surface area contributed by atoms with Crippen LogP contribution in [0.1, 0.15) is 30.9 Å². The van der Waals surface area contributed by atoms with E-state index in [-0.39, 0.29) is 28.0 Å². The second-order valence-corrected chi connectivity index (χ2v) is 10.6. The molecule has 172 valence electrons. The molecule has 0 bridgehead atoms. The van der Waals surface area contributed by atoms with Gasteiger partial charge in [0.1, 0.15) is 11.4 Å². The smallest absolute Gasteiger partial charge is 0.228 e. The van der Waals surface area contributed by atoms with Crippen LogP contribution in [-0.2, 0) is 26.7 Å². The van der Waals surface area contributed by atoms with Gasteiger partial charge in [0, 0.05) is 6.07 Å². The predicted octanol–water partition coefficient (Wildman–Crippen LogP) is 4.92. The second-order valence-electron chi connectivity index (χ2n) is 7.88. The number of hydrogen-bond acceptors (Lipinski definition) is 5. The first-order valence-corrected chi connectivity index (χ1v) is 12.5. The second kappa shape index (κ2) is 9.11. The van der Waals surface area contributed by atoms with E-state index in [4.69, 9.17) is 16.3 Å². The van der Waals surface area contributed by atoms with E-state index in [1.165, 1.54) is 30.5 Å². The first-order valence-electron chi connectivity index (χ1n) is 10.4. The Morgan fingerprint density at radius 2 is 1.88 bits per heavy atom. The number of pyridine rings is 1. The molecule has 1 aromatic heterocycles. The summed E-state index contributed by atoms with van der Waals surface area (Å²) in [4.78, 5) is 16.8. The van der Waals surface area contributed by atoms with Crippen LogP contribution in [0.5, 0.6) is 5.88 Å².